The highest BCUT2D eigenvalue weighted by molar-refractivity contribution is 5.92. The van der Waals surface area contributed by atoms with Crippen LogP contribution in [0.3, 0.4) is 0 Å². The van der Waals surface area contributed by atoms with Crippen molar-refractivity contribution in [2.75, 3.05) is 11.9 Å². The molecule has 1 aromatic rings. The van der Waals surface area contributed by atoms with Gasteiger partial charge in [-0.05, 0) is 36.8 Å². The molecular weight excluding hydrogens is 274 g/mol. The van der Waals surface area contributed by atoms with Crippen molar-refractivity contribution in [1.82, 2.24) is 5.32 Å². The number of amides is 1. The molecule has 0 aromatic heterocycles. The van der Waals surface area contributed by atoms with Gasteiger partial charge in [-0.25, -0.2) is 8.78 Å². The number of nitrogens with one attached hydrogen (secondary N) is 2. The first-order valence-electron chi connectivity index (χ1n) is 7.45. The third-order valence-electron chi connectivity index (χ3n) is 4.25. The Morgan fingerprint density at radius 3 is 2.52 bits per heavy atom. The van der Waals surface area contributed by atoms with Gasteiger partial charge in [0.05, 0.1) is 12.2 Å². The number of hydrogen-bond acceptors (Lipinski definition) is 2. The molecule has 5 heteroatoms. The standard InChI is InChI=1S/C16H22F2N2O/c1-10-4-3-5-11(2)16(10)19-9-15(21)20-14-7-6-12(17)8-13(14)18/h6-8,10-11,16,19H,3-5,9H2,1-2H3,(H,20,21)/t10-,11-/m1/s1. The fourth-order valence-electron chi connectivity index (χ4n) is 3.08. The molecule has 1 aliphatic carbocycles. The van der Waals surface area contributed by atoms with E-state index in [0.717, 1.165) is 25.0 Å². The van der Waals surface area contributed by atoms with E-state index in [1.807, 2.05) is 0 Å². The zero-order valence-electron chi connectivity index (χ0n) is 12.5. The van der Waals surface area contributed by atoms with Gasteiger partial charge in [0.25, 0.3) is 0 Å². The van der Waals surface area contributed by atoms with Crippen LogP contribution in [-0.2, 0) is 4.79 Å². The second-order valence-electron chi connectivity index (χ2n) is 5.96. The summed E-state index contributed by atoms with van der Waals surface area (Å²) in [5.74, 6) is -0.671. The van der Waals surface area contributed by atoms with Crippen molar-refractivity contribution < 1.29 is 13.6 Å². The molecule has 0 spiro atoms. The first-order chi connectivity index (χ1) is 9.97. The summed E-state index contributed by atoms with van der Waals surface area (Å²) < 4.78 is 26.3. The summed E-state index contributed by atoms with van der Waals surface area (Å²) in [6.45, 7) is 4.51. The molecule has 21 heavy (non-hydrogen) atoms. The van der Waals surface area contributed by atoms with Gasteiger partial charge in [0.15, 0.2) is 0 Å². The van der Waals surface area contributed by atoms with Crippen molar-refractivity contribution >= 4 is 11.6 Å². The van der Waals surface area contributed by atoms with Gasteiger partial charge in [0, 0.05) is 12.1 Å². The normalized spacial score (nSPS) is 23.0. The maximum absolute atomic E-state index is 13.5. The lowest BCUT2D eigenvalue weighted by Gasteiger charge is -2.35. The monoisotopic (exact) mass is 296 g/mol. The van der Waals surface area contributed by atoms with Crippen LogP contribution in [0.15, 0.2) is 18.2 Å². The van der Waals surface area contributed by atoms with Gasteiger partial charge in [-0.2, -0.15) is 0 Å². The molecule has 0 heterocycles. The third kappa shape index (κ3) is 4.24. The fraction of sp³-hybridized carbons (Fsp3) is 0.562. The zero-order chi connectivity index (χ0) is 15.4. The summed E-state index contributed by atoms with van der Waals surface area (Å²) in [7, 11) is 0. The Morgan fingerprint density at radius 1 is 1.24 bits per heavy atom. The van der Waals surface area contributed by atoms with Crippen LogP contribution in [0.5, 0.6) is 0 Å². The second kappa shape index (κ2) is 6.98. The molecule has 1 aromatic carbocycles. The molecule has 2 atom stereocenters. The molecule has 2 N–H and O–H groups in total. The molecule has 0 bridgehead atoms. The lowest BCUT2D eigenvalue weighted by atomic mass is 9.79. The molecular formula is C16H22F2N2O. The highest BCUT2D eigenvalue weighted by atomic mass is 19.1. The Labute approximate surface area is 124 Å². The number of anilines is 1. The predicted octanol–water partition coefficient (Wildman–Crippen LogP) is 3.32. The lowest BCUT2D eigenvalue weighted by Crippen LogP contribution is -2.45. The first kappa shape index (κ1) is 15.9. The Hall–Kier alpha value is -1.49. The van der Waals surface area contributed by atoms with Crippen molar-refractivity contribution in [1.29, 1.82) is 0 Å². The SMILES string of the molecule is C[C@@H]1CCC[C@@H](C)C1NCC(=O)Nc1ccc(F)cc1F. The van der Waals surface area contributed by atoms with Gasteiger partial charge in [-0.3, -0.25) is 4.79 Å². The quantitative estimate of drug-likeness (QED) is 0.895. The summed E-state index contributed by atoms with van der Waals surface area (Å²) >= 11 is 0. The first-order valence-corrected chi connectivity index (χ1v) is 7.45. The minimum Gasteiger partial charge on any atom is -0.322 e. The largest absolute Gasteiger partial charge is 0.322 e. The van der Waals surface area contributed by atoms with Crippen LogP contribution >= 0.6 is 0 Å². The number of rotatable bonds is 4. The molecule has 0 radical (unpaired) electrons. The van der Waals surface area contributed by atoms with E-state index in [9.17, 15) is 13.6 Å². The van der Waals surface area contributed by atoms with E-state index in [4.69, 9.17) is 0 Å². The summed E-state index contributed by atoms with van der Waals surface area (Å²) in [4.78, 5) is 11.9. The third-order valence-corrected chi connectivity index (χ3v) is 4.25. The number of carbonyl (C=O) groups is 1. The molecule has 1 saturated carbocycles. The van der Waals surface area contributed by atoms with Gasteiger partial charge < -0.3 is 10.6 Å². The lowest BCUT2D eigenvalue weighted by molar-refractivity contribution is -0.115. The van der Waals surface area contributed by atoms with E-state index >= 15 is 0 Å². The fourth-order valence-corrected chi connectivity index (χ4v) is 3.08. The Bertz CT molecular complexity index is 497. The molecule has 1 fully saturated rings. The molecule has 116 valence electrons. The summed E-state index contributed by atoms with van der Waals surface area (Å²) in [5.41, 5.74) is 0.00735. The maximum atomic E-state index is 13.5. The Morgan fingerprint density at radius 2 is 1.90 bits per heavy atom. The molecule has 0 saturated heterocycles. The van der Waals surface area contributed by atoms with Crippen LogP contribution in [0, 0.1) is 23.5 Å². The Kier molecular flexibility index (Phi) is 5.28. The van der Waals surface area contributed by atoms with Crippen LogP contribution in [0.1, 0.15) is 33.1 Å². The Balaban J connectivity index is 1.87. The van der Waals surface area contributed by atoms with Gasteiger partial charge in [0.1, 0.15) is 11.6 Å². The van der Waals surface area contributed by atoms with E-state index < -0.39 is 11.6 Å². The van der Waals surface area contributed by atoms with E-state index in [1.165, 1.54) is 12.5 Å². The van der Waals surface area contributed by atoms with Gasteiger partial charge in [-0.1, -0.05) is 20.3 Å². The van der Waals surface area contributed by atoms with Crippen molar-refractivity contribution in [3.8, 4) is 0 Å². The number of carbonyl (C=O) groups excluding carboxylic acids is 1. The average Bonchev–Trinajstić information content (AvgIpc) is 2.41. The van der Waals surface area contributed by atoms with Crippen molar-refractivity contribution in [3.05, 3.63) is 29.8 Å². The van der Waals surface area contributed by atoms with Crippen LogP contribution in [0.4, 0.5) is 14.5 Å². The van der Waals surface area contributed by atoms with E-state index in [2.05, 4.69) is 24.5 Å². The molecule has 3 nitrogen and oxygen atoms in total. The van der Waals surface area contributed by atoms with Crippen molar-refractivity contribution in [2.24, 2.45) is 11.8 Å². The van der Waals surface area contributed by atoms with Gasteiger partial charge in [-0.15, -0.1) is 0 Å². The van der Waals surface area contributed by atoms with Gasteiger partial charge in [0.2, 0.25) is 5.91 Å². The van der Waals surface area contributed by atoms with Crippen molar-refractivity contribution in [2.45, 2.75) is 39.2 Å². The molecule has 0 aliphatic heterocycles. The average molecular weight is 296 g/mol. The molecule has 1 amide bonds. The van der Waals surface area contributed by atoms with Crippen LogP contribution < -0.4 is 10.6 Å². The van der Waals surface area contributed by atoms with Crippen LogP contribution in [0.2, 0.25) is 0 Å². The van der Waals surface area contributed by atoms with E-state index in [1.54, 1.807) is 0 Å². The summed E-state index contributed by atoms with van der Waals surface area (Å²) in [5, 5.41) is 5.73. The molecule has 0 unspecified atom stereocenters. The molecule has 2 rings (SSSR count). The predicted molar refractivity (Wildman–Crippen MR) is 79.0 cm³/mol. The number of hydrogen-bond donors (Lipinski definition) is 2. The number of halogens is 2. The number of benzene rings is 1. The smallest absolute Gasteiger partial charge is 0.238 e. The molecule has 1 aliphatic rings. The summed E-state index contributed by atoms with van der Waals surface area (Å²) in [6.07, 6.45) is 3.56. The highest BCUT2D eigenvalue weighted by Gasteiger charge is 2.27. The maximum Gasteiger partial charge on any atom is 0.238 e. The van der Waals surface area contributed by atoms with Crippen molar-refractivity contribution in [3.63, 3.8) is 0 Å². The summed E-state index contributed by atoms with van der Waals surface area (Å²) in [6, 6.07) is 3.42. The second-order valence-corrected chi connectivity index (χ2v) is 5.96. The minimum absolute atomic E-state index is 0.00735. The van der Waals surface area contributed by atoms with Crippen LogP contribution in [-0.4, -0.2) is 18.5 Å². The zero-order valence-corrected chi connectivity index (χ0v) is 12.5. The van der Waals surface area contributed by atoms with E-state index in [-0.39, 0.29) is 18.1 Å². The van der Waals surface area contributed by atoms with Crippen LogP contribution in [0.25, 0.3) is 0 Å². The highest BCUT2D eigenvalue weighted by Crippen LogP contribution is 2.28. The minimum atomic E-state index is -0.761. The van der Waals surface area contributed by atoms with E-state index in [0.29, 0.717) is 17.9 Å². The van der Waals surface area contributed by atoms with Gasteiger partial charge >= 0.3 is 0 Å². The topological polar surface area (TPSA) is 41.1 Å².